The van der Waals surface area contributed by atoms with Crippen LogP contribution in [0.2, 0.25) is 0 Å². The fraction of sp³-hybridized carbons (Fsp3) is 0.385. The Hall–Kier alpha value is -1.29. The molecule has 0 spiro atoms. The summed E-state index contributed by atoms with van der Waals surface area (Å²) < 4.78 is 0. The summed E-state index contributed by atoms with van der Waals surface area (Å²) in [6.45, 7) is 2.09. The molecular formula is C13H17NO2S. The minimum atomic E-state index is -0.272. The van der Waals surface area contributed by atoms with Gasteiger partial charge in [0, 0.05) is 16.7 Å². The number of thioether (sulfide) groups is 1. The Bertz CT molecular complexity index is 376. The molecule has 92 valence electrons. The second-order valence-corrected chi connectivity index (χ2v) is 4.70. The number of hydrogen-bond donors (Lipinski definition) is 0. The van der Waals surface area contributed by atoms with Crippen LogP contribution in [0, 0.1) is 10.1 Å². The van der Waals surface area contributed by atoms with Crippen LogP contribution >= 0.6 is 11.8 Å². The lowest BCUT2D eigenvalue weighted by atomic mass is 10.2. The van der Waals surface area contributed by atoms with Gasteiger partial charge in [-0.15, -0.1) is 0 Å². The molecule has 0 aliphatic heterocycles. The van der Waals surface area contributed by atoms with E-state index in [0.29, 0.717) is 12.1 Å². The van der Waals surface area contributed by atoms with Gasteiger partial charge in [-0.1, -0.05) is 49.7 Å². The lowest BCUT2D eigenvalue weighted by Gasteiger charge is -1.99. The van der Waals surface area contributed by atoms with Gasteiger partial charge in [-0.2, -0.15) is 0 Å². The van der Waals surface area contributed by atoms with Crippen LogP contribution in [0.4, 0.5) is 0 Å². The Morgan fingerprint density at radius 2 is 2.06 bits per heavy atom. The monoisotopic (exact) mass is 251 g/mol. The molecule has 1 rings (SSSR count). The highest BCUT2D eigenvalue weighted by Gasteiger charge is 2.09. The van der Waals surface area contributed by atoms with Gasteiger partial charge >= 0.3 is 0 Å². The standard InChI is InChI=1S/C13H17NO2S/c1-2-3-5-8-12(14(15)16)11-17-13-9-6-4-7-10-13/h4,6-7,9-11H,2-3,5,8H2,1H3/b12-11+. The first-order valence-electron chi connectivity index (χ1n) is 5.79. The number of unbranched alkanes of at least 4 members (excludes halogenated alkanes) is 2. The molecule has 0 aliphatic carbocycles. The van der Waals surface area contributed by atoms with Crippen molar-refractivity contribution in [3.63, 3.8) is 0 Å². The Labute approximate surface area is 106 Å². The minimum Gasteiger partial charge on any atom is -0.259 e. The van der Waals surface area contributed by atoms with Crippen molar-refractivity contribution in [2.24, 2.45) is 0 Å². The zero-order chi connectivity index (χ0) is 12.5. The smallest absolute Gasteiger partial charge is 0.252 e. The highest BCUT2D eigenvalue weighted by Crippen LogP contribution is 2.22. The molecular weight excluding hydrogens is 234 g/mol. The Kier molecular flexibility index (Phi) is 6.40. The molecule has 0 N–H and O–H groups in total. The van der Waals surface area contributed by atoms with E-state index < -0.39 is 0 Å². The van der Waals surface area contributed by atoms with Crippen LogP contribution < -0.4 is 0 Å². The van der Waals surface area contributed by atoms with Gasteiger partial charge in [0.05, 0.1) is 4.92 Å². The molecule has 0 radical (unpaired) electrons. The number of rotatable bonds is 7. The van der Waals surface area contributed by atoms with Crippen LogP contribution in [0.25, 0.3) is 0 Å². The third kappa shape index (κ3) is 5.54. The molecule has 0 amide bonds. The van der Waals surface area contributed by atoms with Crippen LogP contribution in [-0.4, -0.2) is 4.92 Å². The molecule has 0 fully saturated rings. The average Bonchev–Trinajstić information content (AvgIpc) is 2.34. The van der Waals surface area contributed by atoms with Crippen molar-refractivity contribution in [2.45, 2.75) is 37.5 Å². The summed E-state index contributed by atoms with van der Waals surface area (Å²) in [4.78, 5) is 11.6. The average molecular weight is 251 g/mol. The highest BCUT2D eigenvalue weighted by atomic mass is 32.2. The van der Waals surface area contributed by atoms with Crippen molar-refractivity contribution in [3.8, 4) is 0 Å². The number of nitrogens with zero attached hydrogens (tertiary/aromatic N) is 1. The van der Waals surface area contributed by atoms with Gasteiger partial charge in [0.2, 0.25) is 0 Å². The van der Waals surface area contributed by atoms with Crippen molar-refractivity contribution in [2.75, 3.05) is 0 Å². The molecule has 3 nitrogen and oxygen atoms in total. The van der Waals surface area contributed by atoms with E-state index in [1.54, 1.807) is 5.41 Å². The molecule has 0 atom stereocenters. The van der Waals surface area contributed by atoms with E-state index >= 15 is 0 Å². The van der Waals surface area contributed by atoms with Gasteiger partial charge < -0.3 is 0 Å². The molecule has 0 saturated heterocycles. The van der Waals surface area contributed by atoms with Crippen LogP contribution in [-0.2, 0) is 0 Å². The fourth-order valence-corrected chi connectivity index (χ4v) is 2.17. The zero-order valence-electron chi connectivity index (χ0n) is 9.96. The molecule has 0 unspecified atom stereocenters. The van der Waals surface area contributed by atoms with Gasteiger partial charge in [0.25, 0.3) is 5.70 Å². The number of hydrogen-bond acceptors (Lipinski definition) is 3. The van der Waals surface area contributed by atoms with Gasteiger partial charge in [-0.05, 0) is 18.6 Å². The topological polar surface area (TPSA) is 43.1 Å². The predicted octanol–water partition coefficient (Wildman–Crippen LogP) is 4.48. The maximum absolute atomic E-state index is 10.8. The number of nitro groups is 1. The molecule has 17 heavy (non-hydrogen) atoms. The Morgan fingerprint density at radius 1 is 1.35 bits per heavy atom. The van der Waals surface area contributed by atoms with Crippen LogP contribution in [0.3, 0.4) is 0 Å². The third-order valence-corrected chi connectivity index (χ3v) is 3.28. The predicted molar refractivity (Wildman–Crippen MR) is 71.5 cm³/mol. The van der Waals surface area contributed by atoms with Gasteiger partial charge in [0.15, 0.2) is 0 Å². The van der Waals surface area contributed by atoms with E-state index in [1.807, 2.05) is 30.3 Å². The summed E-state index contributed by atoms with van der Waals surface area (Å²) in [6, 6.07) is 9.69. The lowest BCUT2D eigenvalue weighted by molar-refractivity contribution is -0.427. The first kappa shape index (κ1) is 13.8. The molecule has 1 aromatic rings. The highest BCUT2D eigenvalue weighted by molar-refractivity contribution is 8.02. The van der Waals surface area contributed by atoms with Gasteiger partial charge in [-0.3, -0.25) is 10.1 Å². The van der Waals surface area contributed by atoms with E-state index in [1.165, 1.54) is 11.8 Å². The second-order valence-electron chi connectivity index (χ2n) is 3.75. The molecule has 0 bridgehead atoms. The number of benzene rings is 1. The summed E-state index contributed by atoms with van der Waals surface area (Å²) in [6.07, 6.45) is 3.57. The van der Waals surface area contributed by atoms with E-state index in [9.17, 15) is 10.1 Å². The van der Waals surface area contributed by atoms with Gasteiger partial charge in [0.1, 0.15) is 0 Å². The van der Waals surface area contributed by atoms with E-state index in [4.69, 9.17) is 0 Å². The van der Waals surface area contributed by atoms with Crippen molar-refractivity contribution >= 4 is 11.8 Å². The van der Waals surface area contributed by atoms with Crippen LogP contribution in [0.15, 0.2) is 46.3 Å². The molecule has 1 aromatic carbocycles. The van der Waals surface area contributed by atoms with E-state index in [-0.39, 0.29) is 4.92 Å². The first-order chi connectivity index (χ1) is 8.24. The SMILES string of the molecule is CCCCC/C(=C\Sc1ccccc1)[N+](=O)[O-]. The molecule has 0 heterocycles. The van der Waals surface area contributed by atoms with Crippen LogP contribution in [0.5, 0.6) is 0 Å². The quantitative estimate of drug-likeness (QED) is 0.310. The van der Waals surface area contributed by atoms with Crippen LogP contribution in [0.1, 0.15) is 32.6 Å². The maximum atomic E-state index is 10.8. The maximum Gasteiger partial charge on any atom is 0.252 e. The molecule has 0 aliphatic rings. The third-order valence-electron chi connectivity index (χ3n) is 2.35. The van der Waals surface area contributed by atoms with Crippen molar-refractivity contribution in [1.82, 2.24) is 0 Å². The van der Waals surface area contributed by atoms with E-state index in [0.717, 1.165) is 24.2 Å². The summed E-state index contributed by atoms with van der Waals surface area (Å²) in [5.41, 5.74) is 0.312. The summed E-state index contributed by atoms with van der Waals surface area (Å²) in [5.74, 6) is 0. The Morgan fingerprint density at radius 3 is 2.65 bits per heavy atom. The fourth-order valence-electron chi connectivity index (χ4n) is 1.38. The zero-order valence-corrected chi connectivity index (χ0v) is 10.8. The largest absolute Gasteiger partial charge is 0.259 e. The lowest BCUT2D eigenvalue weighted by Crippen LogP contribution is -1.98. The van der Waals surface area contributed by atoms with Crippen molar-refractivity contribution in [1.29, 1.82) is 0 Å². The Balaban J connectivity index is 2.55. The minimum absolute atomic E-state index is 0.272. The normalized spacial score (nSPS) is 11.5. The summed E-state index contributed by atoms with van der Waals surface area (Å²) in [5, 5.41) is 12.5. The van der Waals surface area contributed by atoms with Crippen molar-refractivity contribution in [3.05, 3.63) is 51.6 Å². The molecule has 4 heteroatoms. The number of allylic oxidation sites excluding steroid dienone is 1. The second kappa shape index (κ2) is 7.90. The summed E-state index contributed by atoms with van der Waals surface area (Å²) >= 11 is 1.41. The molecule has 0 saturated carbocycles. The molecule has 0 aromatic heterocycles. The summed E-state index contributed by atoms with van der Waals surface area (Å²) in [7, 11) is 0. The first-order valence-corrected chi connectivity index (χ1v) is 6.67. The van der Waals surface area contributed by atoms with Crippen molar-refractivity contribution < 1.29 is 4.92 Å². The van der Waals surface area contributed by atoms with E-state index in [2.05, 4.69) is 6.92 Å². The van der Waals surface area contributed by atoms with Gasteiger partial charge in [-0.25, -0.2) is 0 Å².